The molecule has 19 heavy (non-hydrogen) atoms. The van der Waals surface area contributed by atoms with Gasteiger partial charge in [0.25, 0.3) is 0 Å². The van der Waals surface area contributed by atoms with Crippen LogP contribution in [0.3, 0.4) is 0 Å². The van der Waals surface area contributed by atoms with Crippen molar-refractivity contribution in [3.8, 4) is 6.07 Å². The molecule has 3 heteroatoms. The molecular formula is C16H14N2S. The Morgan fingerprint density at radius 3 is 2.32 bits per heavy atom. The van der Waals surface area contributed by atoms with Crippen molar-refractivity contribution in [1.29, 1.82) is 5.26 Å². The van der Waals surface area contributed by atoms with Crippen LogP contribution in [0.25, 0.3) is 0 Å². The van der Waals surface area contributed by atoms with E-state index in [9.17, 15) is 5.26 Å². The van der Waals surface area contributed by atoms with Gasteiger partial charge in [-0.3, -0.25) is 0 Å². The topological polar surface area (TPSA) is 27.0 Å². The van der Waals surface area contributed by atoms with Crippen molar-refractivity contribution in [3.05, 3.63) is 59.2 Å². The Morgan fingerprint density at radius 2 is 1.74 bits per heavy atom. The summed E-state index contributed by atoms with van der Waals surface area (Å²) in [7, 11) is 0. The van der Waals surface area contributed by atoms with Crippen LogP contribution in [0.5, 0.6) is 0 Å². The molecule has 0 aromatic heterocycles. The zero-order valence-corrected chi connectivity index (χ0v) is 11.6. The van der Waals surface area contributed by atoms with Gasteiger partial charge in [0.2, 0.25) is 0 Å². The molecule has 0 saturated carbocycles. The first-order chi connectivity index (χ1) is 9.33. The quantitative estimate of drug-likeness (QED) is 0.774. The van der Waals surface area contributed by atoms with Gasteiger partial charge in [-0.2, -0.15) is 5.26 Å². The van der Waals surface area contributed by atoms with Crippen molar-refractivity contribution < 1.29 is 0 Å². The van der Waals surface area contributed by atoms with E-state index in [4.69, 9.17) is 0 Å². The fourth-order valence-corrected chi connectivity index (χ4v) is 3.14. The molecule has 0 atom stereocenters. The highest BCUT2D eigenvalue weighted by Crippen LogP contribution is 2.34. The Morgan fingerprint density at radius 1 is 1.05 bits per heavy atom. The molecule has 0 amide bonds. The van der Waals surface area contributed by atoms with E-state index in [2.05, 4.69) is 35.2 Å². The molecule has 94 valence electrons. The maximum Gasteiger partial charge on any atom is 0.103 e. The molecule has 0 aliphatic carbocycles. The average molecular weight is 266 g/mol. The Kier molecular flexibility index (Phi) is 3.18. The SMILES string of the molecule is CSc1cccc(N2Cc3ccccc3C2)c1C#N. The van der Waals surface area contributed by atoms with Gasteiger partial charge < -0.3 is 4.90 Å². The Balaban J connectivity index is 2.00. The second kappa shape index (κ2) is 4.99. The smallest absolute Gasteiger partial charge is 0.103 e. The number of anilines is 1. The van der Waals surface area contributed by atoms with Gasteiger partial charge in [0.15, 0.2) is 0 Å². The van der Waals surface area contributed by atoms with E-state index in [0.717, 1.165) is 29.2 Å². The highest BCUT2D eigenvalue weighted by Gasteiger charge is 2.21. The van der Waals surface area contributed by atoms with Crippen LogP contribution >= 0.6 is 11.8 Å². The molecule has 0 bridgehead atoms. The Labute approximate surface area is 117 Å². The van der Waals surface area contributed by atoms with Crippen LogP contribution < -0.4 is 4.90 Å². The zero-order valence-electron chi connectivity index (χ0n) is 10.8. The number of fused-ring (bicyclic) bond motifs is 1. The summed E-state index contributed by atoms with van der Waals surface area (Å²) in [5.41, 5.74) is 4.57. The monoisotopic (exact) mass is 266 g/mol. The maximum atomic E-state index is 9.42. The van der Waals surface area contributed by atoms with Gasteiger partial charge in [-0.05, 0) is 29.5 Å². The fourth-order valence-electron chi connectivity index (χ4n) is 2.57. The number of rotatable bonds is 2. The van der Waals surface area contributed by atoms with Crippen LogP contribution in [0.2, 0.25) is 0 Å². The van der Waals surface area contributed by atoms with Crippen LogP contribution in [-0.2, 0) is 13.1 Å². The molecule has 2 aromatic rings. The first-order valence-corrected chi connectivity index (χ1v) is 7.45. The van der Waals surface area contributed by atoms with E-state index in [1.807, 2.05) is 24.5 Å². The predicted molar refractivity (Wildman–Crippen MR) is 79.3 cm³/mol. The lowest BCUT2D eigenvalue weighted by atomic mass is 10.1. The molecule has 1 aliphatic rings. The van der Waals surface area contributed by atoms with E-state index in [1.165, 1.54) is 11.1 Å². The third-order valence-electron chi connectivity index (χ3n) is 3.52. The number of thioether (sulfide) groups is 1. The van der Waals surface area contributed by atoms with Gasteiger partial charge in [0.05, 0.1) is 11.3 Å². The third kappa shape index (κ3) is 2.09. The lowest BCUT2D eigenvalue weighted by molar-refractivity contribution is 0.875. The molecule has 2 nitrogen and oxygen atoms in total. The molecule has 0 N–H and O–H groups in total. The highest BCUT2D eigenvalue weighted by molar-refractivity contribution is 7.98. The molecule has 0 spiro atoms. The number of nitrogens with zero attached hydrogens (tertiary/aromatic N) is 2. The maximum absolute atomic E-state index is 9.42. The van der Waals surface area contributed by atoms with Crippen LogP contribution in [-0.4, -0.2) is 6.26 Å². The standard InChI is InChI=1S/C16H14N2S/c1-19-16-8-4-7-15(14(16)9-17)18-10-12-5-2-3-6-13(12)11-18/h2-8H,10-11H2,1H3. The van der Waals surface area contributed by atoms with Crippen molar-refractivity contribution in [2.24, 2.45) is 0 Å². The van der Waals surface area contributed by atoms with Gasteiger partial charge in [-0.1, -0.05) is 30.3 Å². The molecule has 0 fully saturated rings. The minimum absolute atomic E-state index is 0.794. The summed E-state index contributed by atoms with van der Waals surface area (Å²) in [6.07, 6.45) is 2.01. The summed E-state index contributed by atoms with van der Waals surface area (Å²) in [6, 6.07) is 16.9. The normalized spacial score (nSPS) is 13.2. The van der Waals surface area contributed by atoms with Crippen molar-refractivity contribution in [2.45, 2.75) is 18.0 Å². The molecular weight excluding hydrogens is 252 g/mol. The van der Waals surface area contributed by atoms with E-state index >= 15 is 0 Å². The molecule has 0 unspecified atom stereocenters. The minimum atomic E-state index is 0.794. The van der Waals surface area contributed by atoms with Crippen molar-refractivity contribution in [1.82, 2.24) is 0 Å². The lowest BCUT2D eigenvalue weighted by Gasteiger charge is -2.20. The van der Waals surface area contributed by atoms with Gasteiger partial charge in [-0.25, -0.2) is 0 Å². The zero-order chi connectivity index (χ0) is 13.2. The van der Waals surface area contributed by atoms with Gasteiger partial charge in [0, 0.05) is 18.0 Å². The number of benzene rings is 2. The van der Waals surface area contributed by atoms with Crippen molar-refractivity contribution in [3.63, 3.8) is 0 Å². The number of hydrogen-bond donors (Lipinski definition) is 0. The molecule has 0 saturated heterocycles. The molecule has 1 aliphatic heterocycles. The van der Waals surface area contributed by atoms with Gasteiger partial charge in [0.1, 0.15) is 6.07 Å². The summed E-state index contributed by atoms with van der Waals surface area (Å²) in [4.78, 5) is 3.33. The molecule has 3 rings (SSSR count). The van der Waals surface area contributed by atoms with Crippen LogP contribution in [0.4, 0.5) is 5.69 Å². The predicted octanol–water partition coefficient (Wildman–Crippen LogP) is 3.80. The van der Waals surface area contributed by atoms with Crippen LogP contribution in [0.15, 0.2) is 47.4 Å². The Hall–Kier alpha value is -1.92. The second-order valence-corrected chi connectivity index (χ2v) is 5.44. The third-order valence-corrected chi connectivity index (χ3v) is 4.30. The first kappa shape index (κ1) is 12.1. The minimum Gasteiger partial charge on any atom is -0.362 e. The van der Waals surface area contributed by atoms with E-state index in [-0.39, 0.29) is 0 Å². The number of nitriles is 1. The van der Waals surface area contributed by atoms with Crippen molar-refractivity contribution >= 4 is 17.4 Å². The molecule has 1 heterocycles. The fraction of sp³-hybridized carbons (Fsp3) is 0.188. The Bertz CT molecular complexity index is 633. The van der Waals surface area contributed by atoms with Gasteiger partial charge >= 0.3 is 0 Å². The number of hydrogen-bond acceptors (Lipinski definition) is 3. The summed E-state index contributed by atoms with van der Waals surface area (Å²) in [6.45, 7) is 1.78. The first-order valence-electron chi connectivity index (χ1n) is 6.22. The van der Waals surface area contributed by atoms with E-state index in [0.29, 0.717) is 0 Å². The highest BCUT2D eigenvalue weighted by atomic mass is 32.2. The largest absolute Gasteiger partial charge is 0.362 e. The second-order valence-electron chi connectivity index (χ2n) is 4.59. The average Bonchev–Trinajstić information content (AvgIpc) is 2.89. The summed E-state index contributed by atoms with van der Waals surface area (Å²) in [5, 5.41) is 9.42. The van der Waals surface area contributed by atoms with Gasteiger partial charge in [-0.15, -0.1) is 11.8 Å². The van der Waals surface area contributed by atoms with Crippen LogP contribution in [0.1, 0.15) is 16.7 Å². The van der Waals surface area contributed by atoms with E-state index in [1.54, 1.807) is 11.8 Å². The molecule has 2 aromatic carbocycles. The van der Waals surface area contributed by atoms with Crippen molar-refractivity contribution in [2.75, 3.05) is 11.2 Å². The lowest BCUT2D eigenvalue weighted by Crippen LogP contribution is -2.16. The summed E-state index contributed by atoms with van der Waals surface area (Å²) < 4.78 is 0. The summed E-state index contributed by atoms with van der Waals surface area (Å²) in [5.74, 6) is 0. The molecule has 0 radical (unpaired) electrons. The van der Waals surface area contributed by atoms with E-state index < -0.39 is 0 Å². The summed E-state index contributed by atoms with van der Waals surface area (Å²) >= 11 is 1.63. The van der Waals surface area contributed by atoms with Crippen LogP contribution in [0, 0.1) is 11.3 Å².